The van der Waals surface area contributed by atoms with Crippen LogP contribution in [0.15, 0.2) is 30.5 Å². The van der Waals surface area contributed by atoms with Gasteiger partial charge < -0.3 is 4.57 Å². The van der Waals surface area contributed by atoms with Crippen LogP contribution in [0.3, 0.4) is 0 Å². The van der Waals surface area contributed by atoms with Crippen LogP contribution in [0.2, 0.25) is 5.02 Å². The fourth-order valence-electron chi connectivity index (χ4n) is 3.25. The summed E-state index contributed by atoms with van der Waals surface area (Å²) in [6, 6.07) is 7.08. The molecule has 0 N–H and O–H groups in total. The number of alkyl halides is 3. The molecular formula is C20H22ClF3N6O. The van der Waals surface area contributed by atoms with Gasteiger partial charge in [0.2, 0.25) is 6.41 Å². The predicted octanol–water partition coefficient (Wildman–Crippen LogP) is 4.62. The van der Waals surface area contributed by atoms with Gasteiger partial charge in [0.15, 0.2) is 11.5 Å². The molecule has 0 radical (unpaired) electrons. The lowest BCUT2D eigenvalue weighted by Crippen LogP contribution is -2.25. The highest BCUT2D eigenvalue weighted by Crippen LogP contribution is 2.29. The maximum Gasteiger partial charge on any atom is 0.434 e. The number of nitrogens with zero attached hydrogens (tertiary/aromatic N) is 6. The molecule has 3 rings (SSSR count). The molecule has 31 heavy (non-hydrogen) atoms. The molecule has 166 valence electrons. The Hall–Kier alpha value is -2.88. The van der Waals surface area contributed by atoms with Crippen LogP contribution in [-0.4, -0.2) is 37.5 Å². The maximum atomic E-state index is 12.8. The summed E-state index contributed by atoms with van der Waals surface area (Å²) in [5.74, 6) is 0.688. The van der Waals surface area contributed by atoms with Gasteiger partial charge in [0.25, 0.3) is 0 Å². The van der Waals surface area contributed by atoms with E-state index in [1.165, 1.54) is 16.4 Å². The quantitative estimate of drug-likeness (QED) is 0.466. The van der Waals surface area contributed by atoms with E-state index >= 15 is 0 Å². The number of benzene rings is 1. The van der Waals surface area contributed by atoms with E-state index in [0.717, 1.165) is 17.6 Å². The molecule has 0 saturated heterocycles. The van der Waals surface area contributed by atoms with Gasteiger partial charge in [-0.1, -0.05) is 30.7 Å². The number of carbonyl (C=O) groups is 1. The molecule has 0 aliphatic carbocycles. The molecule has 0 aliphatic heterocycles. The van der Waals surface area contributed by atoms with Gasteiger partial charge in [0.1, 0.15) is 5.82 Å². The van der Waals surface area contributed by atoms with E-state index in [2.05, 4.69) is 15.3 Å². The average molecular weight is 455 g/mol. The first kappa shape index (κ1) is 22.8. The van der Waals surface area contributed by atoms with E-state index in [4.69, 9.17) is 11.6 Å². The first-order valence-corrected chi connectivity index (χ1v) is 10.0. The highest BCUT2D eigenvalue weighted by molar-refractivity contribution is 6.30. The zero-order valence-corrected chi connectivity index (χ0v) is 18.0. The van der Waals surface area contributed by atoms with Crippen LogP contribution in [0.4, 0.5) is 19.0 Å². The van der Waals surface area contributed by atoms with Crippen molar-refractivity contribution in [1.82, 2.24) is 24.5 Å². The number of amides is 1. The van der Waals surface area contributed by atoms with E-state index in [-0.39, 0.29) is 24.8 Å². The number of rotatable bonds is 8. The minimum atomic E-state index is -4.49. The largest absolute Gasteiger partial charge is 0.434 e. The van der Waals surface area contributed by atoms with E-state index in [9.17, 15) is 18.0 Å². The Kier molecular flexibility index (Phi) is 6.68. The van der Waals surface area contributed by atoms with E-state index in [1.807, 2.05) is 13.8 Å². The fourth-order valence-corrected chi connectivity index (χ4v) is 3.38. The third-order valence-corrected chi connectivity index (χ3v) is 5.02. The molecule has 1 amide bonds. The van der Waals surface area contributed by atoms with Crippen molar-refractivity contribution in [2.45, 2.75) is 45.8 Å². The second-order valence-corrected chi connectivity index (χ2v) is 7.79. The number of imidazole rings is 1. The third-order valence-electron chi connectivity index (χ3n) is 4.77. The van der Waals surface area contributed by atoms with E-state index < -0.39 is 11.9 Å². The van der Waals surface area contributed by atoms with Crippen LogP contribution in [0, 0.1) is 6.92 Å². The summed E-state index contributed by atoms with van der Waals surface area (Å²) in [6.07, 6.45) is -2.43. The van der Waals surface area contributed by atoms with Crippen molar-refractivity contribution in [3.8, 4) is 5.69 Å². The summed E-state index contributed by atoms with van der Waals surface area (Å²) in [6.45, 7) is 5.99. The summed E-state index contributed by atoms with van der Waals surface area (Å²) < 4.78 is 41.6. The molecule has 3 aromatic rings. The molecule has 11 heteroatoms. The Bertz CT molecular complexity index is 1040. The lowest BCUT2D eigenvalue weighted by molar-refractivity contribution is -0.141. The van der Waals surface area contributed by atoms with Gasteiger partial charge in [0.05, 0.1) is 11.4 Å². The first-order chi connectivity index (χ1) is 14.6. The van der Waals surface area contributed by atoms with Crippen molar-refractivity contribution in [2.24, 2.45) is 0 Å². The second-order valence-electron chi connectivity index (χ2n) is 7.36. The van der Waals surface area contributed by atoms with Gasteiger partial charge >= 0.3 is 6.18 Å². The number of anilines is 1. The average Bonchev–Trinajstić information content (AvgIpc) is 3.30. The van der Waals surface area contributed by atoms with Gasteiger partial charge in [-0.15, -0.1) is 5.10 Å². The molecule has 2 heterocycles. The van der Waals surface area contributed by atoms with Crippen molar-refractivity contribution in [3.63, 3.8) is 0 Å². The predicted molar refractivity (Wildman–Crippen MR) is 110 cm³/mol. The molecule has 0 bridgehead atoms. The lowest BCUT2D eigenvalue weighted by atomic mass is 10.1. The van der Waals surface area contributed by atoms with Crippen LogP contribution in [0.5, 0.6) is 0 Å². The molecular weight excluding hydrogens is 433 g/mol. The number of aromatic nitrogens is 5. The summed E-state index contributed by atoms with van der Waals surface area (Å²) >= 11 is 5.96. The first-order valence-electron chi connectivity index (χ1n) is 9.66. The van der Waals surface area contributed by atoms with Crippen molar-refractivity contribution < 1.29 is 18.0 Å². The number of hydrogen-bond acceptors (Lipinski definition) is 4. The topological polar surface area (TPSA) is 68.8 Å². The van der Waals surface area contributed by atoms with Gasteiger partial charge in [-0.25, -0.2) is 9.67 Å². The Balaban J connectivity index is 1.78. The van der Waals surface area contributed by atoms with Gasteiger partial charge in [0, 0.05) is 24.3 Å². The van der Waals surface area contributed by atoms with Crippen molar-refractivity contribution in [1.29, 1.82) is 0 Å². The summed E-state index contributed by atoms with van der Waals surface area (Å²) in [5.41, 5.74) is 0.573. The number of halogens is 4. The number of aryl methyl sites for hydroxylation is 2. The van der Waals surface area contributed by atoms with Crippen molar-refractivity contribution in [2.75, 3.05) is 11.4 Å². The molecule has 7 nitrogen and oxygen atoms in total. The molecule has 1 aromatic carbocycles. The summed E-state index contributed by atoms with van der Waals surface area (Å²) in [5, 5.41) is 8.98. The monoisotopic (exact) mass is 454 g/mol. The molecule has 0 spiro atoms. The fraction of sp³-hybridized carbons (Fsp3) is 0.400. The molecule has 0 atom stereocenters. The van der Waals surface area contributed by atoms with Crippen molar-refractivity contribution in [3.05, 3.63) is 52.7 Å². The minimum Gasteiger partial charge on any atom is -0.334 e. The van der Waals surface area contributed by atoms with Crippen LogP contribution in [0.25, 0.3) is 5.69 Å². The number of hydrogen-bond donors (Lipinski definition) is 0. The van der Waals surface area contributed by atoms with E-state index in [1.54, 1.807) is 28.9 Å². The smallest absolute Gasteiger partial charge is 0.334 e. The molecule has 0 aliphatic rings. The van der Waals surface area contributed by atoms with Crippen LogP contribution >= 0.6 is 11.6 Å². The summed E-state index contributed by atoms with van der Waals surface area (Å²) in [7, 11) is 0. The van der Waals surface area contributed by atoms with Crippen LogP contribution in [-0.2, 0) is 17.5 Å². The molecule has 0 fully saturated rings. The van der Waals surface area contributed by atoms with Crippen LogP contribution in [0.1, 0.15) is 43.4 Å². The SMILES string of the molecule is Cc1nc(C(F)(F)F)cn1CCCN(C=O)c1nnn(-c2ccc(Cl)cc2)c1C(C)C. The van der Waals surface area contributed by atoms with Gasteiger partial charge in [-0.05, 0) is 43.5 Å². The molecule has 0 saturated carbocycles. The highest BCUT2D eigenvalue weighted by atomic mass is 35.5. The van der Waals surface area contributed by atoms with Gasteiger partial charge in [-0.2, -0.15) is 13.2 Å². The normalized spacial score (nSPS) is 11.9. The zero-order chi connectivity index (χ0) is 22.8. The van der Waals surface area contributed by atoms with Gasteiger partial charge in [-0.3, -0.25) is 9.69 Å². The maximum absolute atomic E-state index is 12.8. The minimum absolute atomic E-state index is 0.00775. The summed E-state index contributed by atoms with van der Waals surface area (Å²) in [4.78, 5) is 16.8. The second kappa shape index (κ2) is 9.09. The Morgan fingerprint density at radius 2 is 1.90 bits per heavy atom. The Labute approximate surface area is 182 Å². The van der Waals surface area contributed by atoms with Crippen LogP contribution < -0.4 is 4.90 Å². The molecule has 2 aromatic heterocycles. The van der Waals surface area contributed by atoms with Crippen molar-refractivity contribution >= 4 is 23.8 Å². The lowest BCUT2D eigenvalue weighted by Gasteiger charge is -2.18. The Morgan fingerprint density at radius 3 is 2.45 bits per heavy atom. The number of carbonyl (C=O) groups excluding carboxylic acids is 1. The Morgan fingerprint density at radius 1 is 1.23 bits per heavy atom. The highest BCUT2D eigenvalue weighted by Gasteiger charge is 2.34. The zero-order valence-electron chi connectivity index (χ0n) is 17.3. The molecule has 0 unspecified atom stereocenters. The standard InChI is InChI=1S/C20H22ClF3N6O/c1-13(2)18-19(26-27-30(18)16-7-5-15(21)6-8-16)29(12-31)10-4-9-28-11-17(20(22,23)24)25-14(28)3/h5-8,11-13H,4,9-10H2,1-3H3. The third kappa shape index (κ3) is 5.07. The van der Waals surface area contributed by atoms with E-state index in [0.29, 0.717) is 23.7 Å².